The van der Waals surface area contributed by atoms with Gasteiger partial charge in [0.15, 0.2) is 0 Å². The highest BCUT2D eigenvalue weighted by atomic mass is 16.5. The van der Waals surface area contributed by atoms with Crippen molar-refractivity contribution < 1.29 is 4.74 Å². The summed E-state index contributed by atoms with van der Waals surface area (Å²) in [5.74, 6) is 2.61. The molecule has 0 saturated carbocycles. The molecule has 5 aromatic rings. The van der Waals surface area contributed by atoms with Gasteiger partial charge in [-0.05, 0) is 65.3 Å². The molecule has 0 N–H and O–H groups in total. The molecule has 0 atom stereocenters. The van der Waals surface area contributed by atoms with Gasteiger partial charge in [0.2, 0.25) is 0 Å². The molecule has 0 aliphatic rings. The molecule has 0 aliphatic heterocycles. The van der Waals surface area contributed by atoms with Crippen LogP contribution in [0.5, 0.6) is 5.75 Å². The lowest BCUT2D eigenvalue weighted by Crippen LogP contribution is -2.07. The summed E-state index contributed by atoms with van der Waals surface area (Å²) < 4.78 is 8.38. The topological polar surface area (TPSA) is 27.1 Å². The zero-order valence-electron chi connectivity index (χ0n) is 21.2. The van der Waals surface area contributed by atoms with E-state index in [9.17, 15) is 0 Å². The Morgan fingerprint density at radius 1 is 0.722 bits per heavy atom. The zero-order valence-corrected chi connectivity index (χ0v) is 21.2. The van der Waals surface area contributed by atoms with Crippen LogP contribution in [0.4, 0.5) is 0 Å². The Morgan fingerprint density at radius 3 is 2.17 bits per heavy atom. The molecule has 5 rings (SSSR count). The van der Waals surface area contributed by atoms with Crippen molar-refractivity contribution in [2.45, 2.75) is 45.6 Å². The summed E-state index contributed by atoms with van der Waals surface area (Å²) in [6.07, 6.45) is 2.87. The molecule has 182 valence electrons. The van der Waals surface area contributed by atoms with Gasteiger partial charge in [0, 0.05) is 13.0 Å². The number of aryl methyl sites for hydroxylation is 1. The Balaban J connectivity index is 1.23. The highest BCUT2D eigenvalue weighted by molar-refractivity contribution is 5.76. The van der Waals surface area contributed by atoms with Crippen LogP contribution >= 0.6 is 0 Å². The van der Waals surface area contributed by atoms with Gasteiger partial charge in [-0.25, -0.2) is 4.98 Å². The molecular formula is C33H34N2O. The van der Waals surface area contributed by atoms with E-state index in [0.29, 0.717) is 5.92 Å². The Kier molecular flexibility index (Phi) is 7.47. The SMILES string of the molecule is CC(C)c1ccc(OCCCCn2c(Cc3ccc(-c4ccccc4)cc3)nc3ccccc32)cc1. The summed E-state index contributed by atoms with van der Waals surface area (Å²) in [5.41, 5.74) is 7.38. The Labute approximate surface area is 214 Å². The molecule has 1 aromatic heterocycles. The van der Waals surface area contributed by atoms with E-state index >= 15 is 0 Å². The Hall–Kier alpha value is -3.85. The minimum atomic E-state index is 0.542. The number of fused-ring (bicyclic) bond motifs is 1. The van der Waals surface area contributed by atoms with Gasteiger partial charge in [-0.2, -0.15) is 0 Å². The third kappa shape index (κ3) is 5.68. The molecule has 3 nitrogen and oxygen atoms in total. The zero-order chi connectivity index (χ0) is 24.7. The summed E-state index contributed by atoms with van der Waals surface area (Å²) in [5, 5.41) is 0. The largest absolute Gasteiger partial charge is 0.494 e. The van der Waals surface area contributed by atoms with Crippen molar-refractivity contribution in [3.05, 3.63) is 120 Å². The van der Waals surface area contributed by atoms with Crippen molar-refractivity contribution in [1.82, 2.24) is 9.55 Å². The van der Waals surface area contributed by atoms with Crippen LogP contribution in [0.25, 0.3) is 22.2 Å². The lowest BCUT2D eigenvalue weighted by molar-refractivity contribution is 0.303. The van der Waals surface area contributed by atoms with Gasteiger partial charge in [-0.3, -0.25) is 0 Å². The van der Waals surface area contributed by atoms with E-state index < -0.39 is 0 Å². The summed E-state index contributed by atoms with van der Waals surface area (Å²) >= 11 is 0. The van der Waals surface area contributed by atoms with Gasteiger partial charge in [-0.1, -0.05) is 92.7 Å². The molecule has 0 saturated heterocycles. The normalized spacial score (nSPS) is 11.3. The molecule has 36 heavy (non-hydrogen) atoms. The fraction of sp³-hybridized carbons (Fsp3) is 0.242. The smallest absolute Gasteiger partial charge is 0.119 e. The second-order valence-electron chi connectivity index (χ2n) is 9.69. The van der Waals surface area contributed by atoms with Gasteiger partial charge < -0.3 is 9.30 Å². The average molecular weight is 475 g/mol. The third-order valence-electron chi connectivity index (χ3n) is 6.75. The predicted molar refractivity (Wildman–Crippen MR) is 150 cm³/mol. The van der Waals surface area contributed by atoms with E-state index in [1.54, 1.807) is 0 Å². The maximum absolute atomic E-state index is 6.00. The highest BCUT2D eigenvalue weighted by Gasteiger charge is 2.11. The van der Waals surface area contributed by atoms with Crippen molar-refractivity contribution in [2.24, 2.45) is 0 Å². The van der Waals surface area contributed by atoms with E-state index in [-0.39, 0.29) is 0 Å². The minimum Gasteiger partial charge on any atom is -0.494 e. The van der Waals surface area contributed by atoms with Crippen molar-refractivity contribution >= 4 is 11.0 Å². The average Bonchev–Trinajstić information content (AvgIpc) is 3.26. The van der Waals surface area contributed by atoms with Crippen LogP contribution in [0.2, 0.25) is 0 Å². The molecule has 0 aliphatic carbocycles. The van der Waals surface area contributed by atoms with Gasteiger partial charge in [0.25, 0.3) is 0 Å². The molecule has 4 aromatic carbocycles. The summed E-state index contributed by atoms with van der Waals surface area (Å²) in [7, 11) is 0. The first kappa shape index (κ1) is 23.9. The number of aromatic nitrogens is 2. The van der Waals surface area contributed by atoms with Crippen LogP contribution in [-0.2, 0) is 13.0 Å². The number of benzene rings is 4. The van der Waals surface area contributed by atoms with Crippen LogP contribution in [0.1, 0.15) is 49.6 Å². The Bertz CT molecular complexity index is 1380. The first-order valence-electron chi connectivity index (χ1n) is 13.0. The second-order valence-corrected chi connectivity index (χ2v) is 9.69. The quantitative estimate of drug-likeness (QED) is 0.190. The molecule has 0 fully saturated rings. The first-order valence-corrected chi connectivity index (χ1v) is 13.0. The van der Waals surface area contributed by atoms with E-state index in [4.69, 9.17) is 9.72 Å². The van der Waals surface area contributed by atoms with Crippen molar-refractivity contribution in [2.75, 3.05) is 6.61 Å². The van der Waals surface area contributed by atoms with Crippen molar-refractivity contribution in [1.29, 1.82) is 0 Å². The van der Waals surface area contributed by atoms with Gasteiger partial charge >= 0.3 is 0 Å². The third-order valence-corrected chi connectivity index (χ3v) is 6.75. The molecular weight excluding hydrogens is 440 g/mol. The highest BCUT2D eigenvalue weighted by Crippen LogP contribution is 2.23. The van der Waals surface area contributed by atoms with E-state index in [1.165, 1.54) is 27.8 Å². The second kappa shape index (κ2) is 11.3. The molecule has 0 amide bonds. The van der Waals surface area contributed by atoms with Crippen LogP contribution in [0.3, 0.4) is 0 Å². The summed E-state index contributed by atoms with van der Waals surface area (Å²) in [4.78, 5) is 4.99. The standard InChI is InChI=1S/C33H34N2O/c1-25(2)27-18-20-30(21-19-27)36-23-9-8-22-35-32-13-7-6-12-31(32)34-33(35)24-26-14-16-29(17-15-26)28-10-4-3-5-11-28/h3-7,10-21,25H,8-9,22-24H2,1-2H3. The number of rotatable bonds is 10. The fourth-order valence-electron chi connectivity index (χ4n) is 4.65. The number of imidazole rings is 1. The minimum absolute atomic E-state index is 0.542. The van der Waals surface area contributed by atoms with Gasteiger partial charge in [0.05, 0.1) is 17.6 Å². The van der Waals surface area contributed by atoms with Crippen LogP contribution < -0.4 is 4.74 Å². The number of hydrogen-bond donors (Lipinski definition) is 0. The maximum atomic E-state index is 6.00. The number of nitrogens with zero attached hydrogens (tertiary/aromatic N) is 2. The molecule has 0 unspecified atom stereocenters. The maximum Gasteiger partial charge on any atom is 0.119 e. The van der Waals surface area contributed by atoms with Crippen molar-refractivity contribution in [3.8, 4) is 16.9 Å². The molecule has 0 bridgehead atoms. The van der Waals surface area contributed by atoms with E-state index in [1.807, 2.05) is 0 Å². The number of ether oxygens (including phenoxy) is 1. The summed E-state index contributed by atoms with van der Waals surface area (Å²) in [6.45, 7) is 6.09. The number of unbranched alkanes of at least 4 members (excludes halogenated alkanes) is 1. The lowest BCUT2D eigenvalue weighted by Gasteiger charge is -2.11. The van der Waals surface area contributed by atoms with Crippen LogP contribution in [0, 0.1) is 0 Å². The van der Waals surface area contributed by atoms with E-state index in [0.717, 1.165) is 49.5 Å². The lowest BCUT2D eigenvalue weighted by atomic mass is 10.0. The van der Waals surface area contributed by atoms with Crippen LogP contribution in [0.15, 0.2) is 103 Å². The summed E-state index contributed by atoms with van der Waals surface area (Å²) in [6, 6.07) is 36.3. The van der Waals surface area contributed by atoms with Crippen LogP contribution in [-0.4, -0.2) is 16.2 Å². The monoisotopic (exact) mass is 474 g/mol. The van der Waals surface area contributed by atoms with Gasteiger partial charge in [-0.15, -0.1) is 0 Å². The molecule has 0 spiro atoms. The molecule has 0 radical (unpaired) electrons. The first-order chi connectivity index (χ1) is 17.7. The van der Waals surface area contributed by atoms with E-state index in [2.05, 4.69) is 122 Å². The fourth-order valence-corrected chi connectivity index (χ4v) is 4.65. The number of para-hydroxylation sites is 2. The molecule has 3 heteroatoms. The van der Waals surface area contributed by atoms with Gasteiger partial charge in [0.1, 0.15) is 11.6 Å². The Morgan fingerprint density at radius 2 is 1.42 bits per heavy atom. The van der Waals surface area contributed by atoms with Crippen molar-refractivity contribution in [3.63, 3.8) is 0 Å². The number of hydrogen-bond acceptors (Lipinski definition) is 2. The molecule has 1 heterocycles. The predicted octanol–water partition coefficient (Wildman–Crippen LogP) is 8.28.